The van der Waals surface area contributed by atoms with Crippen molar-refractivity contribution in [2.24, 2.45) is 0 Å². The van der Waals surface area contributed by atoms with Gasteiger partial charge in [0.25, 0.3) is 0 Å². The van der Waals surface area contributed by atoms with Gasteiger partial charge in [-0.15, -0.1) is 0 Å². The van der Waals surface area contributed by atoms with Crippen molar-refractivity contribution >= 4 is 29.7 Å². The highest BCUT2D eigenvalue weighted by Crippen LogP contribution is 2.30. The highest BCUT2D eigenvalue weighted by atomic mass is 16.5. The van der Waals surface area contributed by atoms with Crippen molar-refractivity contribution in [3.05, 3.63) is 64.7 Å². The number of fused-ring (bicyclic) bond motifs is 2. The maximum atomic E-state index is 11.1. The standard InChI is InChI=1S/C14H16O3.C8H9NO.C6H6O4.CO2.CH4O.CH4.6H2/c1-10(9-14(15)16-2)8-11-4-3-5-13-12(11)6-7-17-13;9-7-2-1-3-8-6(7)4-5-10-8;1-9-5(7)3-4-6(8)10-2;2-1-3;1-2;;;;;;;/h3-5,9H,6-8H2,1-2H3;1-3H,4-5,9H2;1-2H3;;2H,1H3;1H4;6*1H/b10-9-;;;;;;;;;;;. The number of rotatable bonds is 3. The van der Waals surface area contributed by atoms with E-state index < -0.39 is 11.9 Å². The summed E-state index contributed by atoms with van der Waals surface area (Å²) in [6.45, 7) is 3.47. The predicted octanol–water partition coefficient (Wildman–Crippen LogP) is 3.96. The van der Waals surface area contributed by atoms with Gasteiger partial charge >= 0.3 is 24.1 Å². The van der Waals surface area contributed by atoms with E-state index in [0.717, 1.165) is 62.3 Å². The van der Waals surface area contributed by atoms with Gasteiger partial charge < -0.3 is 34.5 Å². The number of methoxy groups -OCH3 is 3. The molecule has 2 heterocycles. The molecule has 2 aliphatic rings. The fourth-order valence-corrected chi connectivity index (χ4v) is 3.52. The van der Waals surface area contributed by atoms with E-state index in [2.05, 4.69) is 20.3 Å². The molecule has 2 aromatic carbocycles. The van der Waals surface area contributed by atoms with Gasteiger partial charge in [-0.2, -0.15) is 9.59 Å². The second-order valence-corrected chi connectivity index (χ2v) is 7.92. The molecule has 3 N–H and O–H groups in total. The maximum absolute atomic E-state index is 11.1. The predicted molar refractivity (Wildman–Crippen MR) is 170 cm³/mol. The second-order valence-electron chi connectivity index (χ2n) is 7.92. The first-order valence-electron chi connectivity index (χ1n) is 12.3. The molecular weight excluding hydrogens is 562 g/mol. The van der Waals surface area contributed by atoms with Crippen molar-refractivity contribution in [1.82, 2.24) is 0 Å². The number of hydrogen-bond acceptors (Lipinski definition) is 12. The van der Waals surface area contributed by atoms with Crippen molar-refractivity contribution in [3.8, 4) is 23.3 Å². The normalized spacial score (nSPS) is 10.9. The number of esters is 3. The zero-order valence-corrected chi connectivity index (χ0v) is 24.2. The smallest absolute Gasteiger partial charge is 0.384 e. The third-order valence-electron chi connectivity index (χ3n) is 5.29. The fourth-order valence-electron chi connectivity index (χ4n) is 3.52. The number of aliphatic hydroxyl groups excluding tert-OH is 1. The Morgan fingerprint density at radius 2 is 1.35 bits per heavy atom. The molecule has 12 heteroatoms. The number of carbonyl (C=O) groups excluding carboxylic acids is 5. The zero-order valence-electron chi connectivity index (χ0n) is 24.2. The van der Waals surface area contributed by atoms with Crippen LogP contribution in [0.5, 0.6) is 11.5 Å². The molecule has 246 valence electrons. The van der Waals surface area contributed by atoms with Gasteiger partial charge in [0.2, 0.25) is 0 Å². The van der Waals surface area contributed by atoms with Gasteiger partial charge in [-0.25, -0.2) is 14.4 Å². The molecule has 2 aliphatic heterocycles. The van der Waals surface area contributed by atoms with Crippen molar-refractivity contribution < 1.29 is 61.3 Å². The molecule has 0 amide bonds. The molecule has 0 unspecified atom stereocenters. The lowest BCUT2D eigenvalue weighted by Gasteiger charge is -2.07. The second kappa shape index (κ2) is 23.6. The quantitative estimate of drug-likeness (QED) is 0.127. The maximum Gasteiger partial charge on any atom is 0.384 e. The molecule has 0 aromatic heterocycles. The largest absolute Gasteiger partial charge is 0.493 e. The van der Waals surface area contributed by atoms with E-state index in [1.165, 1.54) is 44.1 Å². The third kappa shape index (κ3) is 15.5. The van der Waals surface area contributed by atoms with E-state index >= 15 is 0 Å². The third-order valence-corrected chi connectivity index (χ3v) is 5.29. The van der Waals surface area contributed by atoms with Crippen LogP contribution in [-0.4, -0.2) is 70.8 Å². The van der Waals surface area contributed by atoms with Crippen molar-refractivity contribution in [2.45, 2.75) is 33.6 Å². The molecule has 0 saturated heterocycles. The Kier molecular flexibility index (Phi) is 22.0. The van der Waals surface area contributed by atoms with Crippen LogP contribution in [0.25, 0.3) is 0 Å². The number of carbonyl (C=O) groups is 3. The molecule has 43 heavy (non-hydrogen) atoms. The van der Waals surface area contributed by atoms with Gasteiger partial charge in [0.05, 0.1) is 34.5 Å². The number of nitrogens with two attached hydrogens (primary N) is 1. The summed E-state index contributed by atoms with van der Waals surface area (Å²) < 4.78 is 23.7. The van der Waals surface area contributed by atoms with Crippen molar-refractivity contribution in [3.63, 3.8) is 0 Å². The summed E-state index contributed by atoms with van der Waals surface area (Å²) in [7, 11) is 4.74. The van der Waals surface area contributed by atoms with E-state index in [-0.39, 0.29) is 28.1 Å². The Labute approximate surface area is 260 Å². The van der Waals surface area contributed by atoms with E-state index in [1.807, 2.05) is 49.1 Å². The molecule has 0 fully saturated rings. The summed E-state index contributed by atoms with van der Waals surface area (Å²) in [4.78, 5) is 47.8. The van der Waals surface area contributed by atoms with Crippen molar-refractivity contribution in [1.29, 1.82) is 0 Å². The van der Waals surface area contributed by atoms with E-state index in [1.54, 1.807) is 0 Å². The SMILES string of the molecule is C.CO.COC(=O)/C=C(/C)Cc1cccc2c1CCO2.COC(=O)C#CC(=O)OC.Nc1cccc2c1CCO2.O=C=O.[HH].[HH].[HH].[HH].[HH].[HH]. The summed E-state index contributed by atoms with van der Waals surface area (Å²) in [6.07, 6.45) is 4.47. The van der Waals surface area contributed by atoms with Crippen LogP contribution in [-0.2, 0) is 57.4 Å². The van der Waals surface area contributed by atoms with E-state index in [9.17, 15) is 14.4 Å². The van der Waals surface area contributed by atoms with Gasteiger partial charge in [0.15, 0.2) is 0 Å². The number of ether oxygens (including phenoxy) is 5. The lowest BCUT2D eigenvalue weighted by Crippen LogP contribution is -1.99. The number of allylic oxidation sites excluding steroid dienone is 1. The van der Waals surface area contributed by atoms with Crippen LogP contribution in [0.2, 0.25) is 0 Å². The van der Waals surface area contributed by atoms with E-state index in [4.69, 9.17) is 29.9 Å². The summed E-state index contributed by atoms with van der Waals surface area (Å²) in [6, 6.07) is 11.9. The van der Waals surface area contributed by atoms with Crippen LogP contribution in [0, 0.1) is 11.8 Å². The Hall–Kier alpha value is -5.11. The summed E-state index contributed by atoms with van der Waals surface area (Å²) in [5.41, 5.74) is 11.2. The molecule has 0 atom stereocenters. The number of anilines is 1. The van der Waals surface area contributed by atoms with E-state index in [0.29, 0.717) is 0 Å². The van der Waals surface area contributed by atoms with Crippen LogP contribution in [0.3, 0.4) is 0 Å². The molecule has 2 aromatic rings. The Morgan fingerprint density at radius 1 is 0.884 bits per heavy atom. The first-order chi connectivity index (χ1) is 20.2. The number of nitrogen functional groups attached to an aromatic ring is 1. The minimum atomic E-state index is -0.759. The highest BCUT2D eigenvalue weighted by Gasteiger charge is 2.16. The van der Waals surface area contributed by atoms with Gasteiger partial charge in [-0.1, -0.05) is 31.2 Å². The van der Waals surface area contributed by atoms with Crippen LogP contribution in [0.15, 0.2) is 48.0 Å². The summed E-state index contributed by atoms with van der Waals surface area (Å²) in [5.74, 6) is 3.92. The molecule has 0 spiro atoms. The molecule has 0 saturated carbocycles. The number of benzene rings is 2. The fraction of sp³-hybridized carbons (Fsp3) is 0.355. The first kappa shape index (κ1) is 40.0. The Morgan fingerprint density at radius 3 is 1.81 bits per heavy atom. The highest BCUT2D eigenvalue weighted by molar-refractivity contribution is 5.98. The van der Waals surface area contributed by atoms with Crippen LogP contribution in [0.4, 0.5) is 5.69 Å². The molecule has 0 bridgehead atoms. The van der Waals surface area contributed by atoms with Crippen molar-refractivity contribution in [2.75, 3.05) is 47.4 Å². The van der Waals surface area contributed by atoms with Gasteiger partial charge in [0, 0.05) is 63.2 Å². The first-order valence-corrected chi connectivity index (χ1v) is 12.3. The minimum Gasteiger partial charge on any atom is -0.493 e. The Bertz CT molecular complexity index is 1310. The lowest BCUT2D eigenvalue weighted by molar-refractivity contribution is -0.191. The topological polar surface area (TPSA) is 178 Å². The zero-order chi connectivity index (χ0) is 31.9. The molecule has 0 radical (unpaired) electrons. The lowest BCUT2D eigenvalue weighted by atomic mass is 9.99. The molecular formula is C31H51NO11. The van der Waals surface area contributed by atoms with Crippen LogP contribution >= 0.6 is 0 Å². The van der Waals surface area contributed by atoms with Gasteiger partial charge in [0.1, 0.15) is 11.5 Å². The summed E-state index contributed by atoms with van der Waals surface area (Å²) in [5, 5.41) is 7.00. The van der Waals surface area contributed by atoms with Crippen LogP contribution in [0.1, 0.15) is 39.6 Å². The molecule has 12 nitrogen and oxygen atoms in total. The van der Waals surface area contributed by atoms with Gasteiger partial charge in [-0.05, 0) is 37.1 Å². The monoisotopic (exact) mass is 613 g/mol. The van der Waals surface area contributed by atoms with Crippen LogP contribution < -0.4 is 15.2 Å². The Balaban J connectivity index is -0.0000000779. The average Bonchev–Trinajstić information content (AvgIpc) is 3.69. The number of aliphatic hydroxyl groups is 1. The minimum absolute atomic E-state index is 0. The molecule has 4 rings (SSSR count). The average molecular weight is 614 g/mol. The molecule has 0 aliphatic carbocycles. The number of hydrogen-bond donors (Lipinski definition) is 2. The summed E-state index contributed by atoms with van der Waals surface area (Å²) >= 11 is 0. The van der Waals surface area contributed by atoms with Gasteiger partial charge in [-0.3, -0.25) is 0 Å².